The maximum atomic E-state index is 11.5. The van der Waals surface area contributed by atoms with Gasteiger partial charge in [0, 0.05) is 37.1 Å². The molecule has 1 aromatic heterocycles. The van der Waals surface area contributed by atoms with Gasteiger partial charge in [-0.3, -0.25) is 0 Å². The molecule has 0 aliphatic rings. The largest absolute Gasteiger partial charge is 0.338 e. The van der Waals surface area contributed by atoms with E-state index in [4.69, 9.17) is 0 Å². The van der Waals surface area contributed by atoms with E-state index in [2.05, 4.69) is 20.2 Å². The van der Waals surface area contributed by atoms with E-state index in [1.807, 2.05) is 50.4 Å². The van der Waals surface area contributed by atoms with Crippen molar-refractivity contribution in [3.05, 3.63) is 42.7 Å². The van der Waals surface area contributed by atoms with Gasteiger partial charge in [-0.05, 0) is 20.3 Å². The fraction of sp³-hybridized carbons (Fsp3) is 0.375. The summed E-state index contributed by atoms with van der Waals surface area (Å²) in [5.41, 5.74) is 1.10. The zero-order valence-corrected chi connectivity index (χ0v) is 12.5. The zero-order chi connectivity index (χ0) is 15.1. The van der Waals surface area contributed by atoms with Crippen LogP contribution in [0.15, 0.2) is 42.7 Å². The van der Waals surface area contributed by atoms with E-state index >= 15 is 0 Å². The Kier molecular flexibility index (Phi) is 5.37. The van der Waals surface area contributed by atoms with Crippen LogP contribution in [0.25, 0.3) is 11.4 Å². The summed E-state index contributed by atoms with van der Waals surface area (Å²) in [6.07, 6.45) is 4.64. The number of hydrogen-bond acceptors (Lipinski definition) is 2. The molecule has 1 heterocycles. The summed E-state index contributed by atoms with van der Waals surface area (Å²) in [5.74, 6) is 0.960. The fourth-order valence-corrected chi connectivity index (χ4v) is 2.10. The number of rotatable bonds is 6. The van der Waals surface area contributed by atoms with Gasteiger partial charge in [0.05, 0.1) is 0 Å². The van der Waals surface area contributed by atoms with E-state index in [1.165, 1.54) is 0 Å². The summed E-state index contributed by atoms with van der Waals surface area (Å²) in [6.45, 7) is 5.35. The molecule has 112 valence electrons. The van der Waals surface area contributed by atoms with E-state index in [-0.39, 0.29) is 12.1 Å². The van der Waals surface area contributed by atoms with Crippen LogP contribution in [0.5, 0.6) is 0 Å². The smallest absolute Gasteiger partial charge is 0.314 e. The third-order valence-electron chi connectivity index (χ3n) is 3.03. The summed E-state index contributed by atoms with van der Waals surface area (Å²) in [6, 6.07) is 10.1. The second kappa shape index (κ2) is 7.47. The van der Waals surface area contributed by atoms with Crippen molar-refractivity contribution in [3.63, 3.8) is 0 Å². The summed E-state index contributed by atoms with van der Waals surface area (Å²) in [4.78, 5) is 15.9. The molecule has 2 amide bonds. The van der Waals surface area contributed by atoms with Gasteiger partial charge >= 0.3 is 6.03 Å². The van der Waals surface area contributed by atoms with Gasteiger partial charge in [-0.25, -0.2) is 9.78 Å². The predicted octanol–water partition coefficient (Wildman–Crippen LogP) is 2.65. The Balaban J connectivity index is 1.82. The first-order valence-corrected chi connectivity index (χ1v) is 7.27. The average Bonchev–Trinajstić information content (AvgIpc) is 2.92. The standard InChI is InChI=1S/C16H22N4O/c1-13(2)19-16(21)18-9-6-11-20-12-10-17-15(20)14-7-4-3-5-8-14/h3-5,7-8,10,12-13H,6,9,11H2,1-2H3,(H2,18,19,21). The highest BCUT2D eigenvalue weighted by molar-refractivity contribution is 5.73. The number of aromatic nitrogens is 2. The fourth-order valence-electron chi connectivity index (χ4n) is 2.10. The van der Waals surface area contributed by atoms with Crippen LogP contribution >= 0.6 is 0 Å². The summed E-state index contributed by atoms with van der Waals surface area (Å²) >= 11 is 0. The molecule has 21 heavy (non-hydrogen) atoms. The second-order valence-corrected chi connectivity index (χ2v) is 5.22. The highest BCUT2D eigenvalue weighted by atomic mass is 16.2. The lowest BCUT2D eigenvalue weighted by molar-refractivity contribution is 0.238. The molecule has 2 N–H and O–H groups in total. The number of amides is 2. The molecule has 0 saturated heterocycles. The van der Waals surface area contributed by atoms with Crippen molar-refractivity contribution in [2.75, 3.05) is 6.54 Å². The highest BCUT2D eigenvalue weighted by Crippen LogP contribution is 2.16. The number of imidazole rings is 1. The number of hydrogen-bond donors (Lipinski definition) is 2. The Morgan fingerprint density at radius 3 is 2.76 bits per heavy atom. The minimum atomic E-state index is -0.112. The van der Waals surface area contributed by atoms with Crippen molar-refractivity contribution in [2.45, 2.75) is 32.9 Å². The molecule has 0 fully saturated rings. The van der Waals surface area contributed by atoms with Crippen molar-refractivity contribution >= 4 is 6.03 Å². The lowest BCUT2D eigenvalue weighted by Gasteiger charge is -2.11. The van der Waals surface area contributed by atoms with Gasteiger partial charge in [0.25, 0.3) is 0 Å². The highest BCUT2D eigenvalue weighted by Gasteiger charge is 2.05. The second-order valence-electron chi connectivity index (χ2n) is 5.22. The van der Waals surface area contributed by atoms with Crippen molar-refractivity contribution in [2.24, 2.45) is 0 Å². The van der Waals surface area contributed by atoms with Gasteiger partial charge in [-0.15, -0.1) is 0 Å². The Bertz CT molecular complexity index is 563. The molecule has 0 unspecified atom stereocenters. The number of carbonyl (C=O) groups is 1. The third-order valence-corrected chi connectivity index (χ3v) is 3.03. The van der Waals surface area contributed by atoms with Crippen molar-refractivity contribution < 1.29 is 4.79 Å². The molecule has 0 aliphatic carbocycles. The maximum Gasteiger partial charge on any atom is 0.314 e. The van der Waals surface area contributed by atoms with E-state index in [9.17, 15) is 4.79 Å². The van der Waals surface area contributed by atoms with E-state index in [1.54, 1.807) is 6.20 Å². The van der Waals surface area contributed by atoms with Crippen LogP contribution in [0, 0.1) is 0 Å². The van der Waals surface area contributed by atoms with Crippen LogP contribution in [0.4, 0.5) is 4.79 Å². The normalized spacial score (nSPS) is 10.6. The predicted molar refractivity (Wildman–Crippen MR) is 84.0 cm³/mol. The van der Waals surface area contributed by atoms with Crippen LogP contribution in [0.1, 0.15) is 20.3 Å². The lowest BCUT2D eigenvalue weighted by atomic mass is 10.2. The summed E-state index contributed by atoms with van der Waals surface area (Å²) < 4.78 is 2.11. The molecular formula is C16H22N4O. The number of benzene rings is 1. The number of nitrogens with one attached hydrogen (secondary N) is 2. The molecule has 1 aromatic carbocycles. The molecule has 0 radical (unpaired) electrons. The van der Waals surface area contributed by atoms with E-state index in [0.717, 1.165) is 24.4 Å². The van der Waals surface area contributed by atoms with Crippen LogP contribution in [-0.4, -0.2) is 28.2 Å². The number of nitrogens with zero attached hydrogens (tertiary/aromatic N) is 2. The molecule has 0 bridgehead atoms. The molecule has 5 nitrogen and oxygen atoms in total. The van der Waals surface area contributed by atoms with E-state index < -0.39 is 0 Å². The molecule has 0 spiro atoms. The van der Waals surface area contributed by atoms with Crippen LogP contribution < -0.4 is 10.6 Å². The van der Waals surface area contributed by atoms with Crippen LogP contribution in [-0.2, 0) is 6.54 Å². The van der Waals surface area contributed by atoms with Gasteiger partial charge in [0.1, 0.15) is 5.82 Å². The van der Waals surface area contributed by atoms with Crippen molar-refractivity contribution in [1.29, 1.82) is 0 Å². The van der Waals surface area contributed by atoms with Gasteiger partial charge in [-0.2, -0.15) is 0 Å². The van der Waals surface area contributed by atoms with Gasteiger partial charge in [-0.1, -0.05) is 30.3 Å². The topological polar surface area (TPSA) is 59.0 Å². The molecule has 2 rings (SSSR count). The first-order chi connectivity index (χ1) is 10.2. The quantitative estimate of drug-likeness (QED) is 0.802. The molecule has 5 heteroatoms. The average molecular weight is 286 g/mol. The minimum Gasteiger partial charge on any atom is -0.338 e. The van der Waals surface area contributed by atoms with Crippen molar-refractivity contribution in [3.8, 4) is 11.4 Å². The van der Waals surface area contributed by atoms with Gasteiger partial charge in [0.15, 0.2) is 0 Å². The monoisotopic (exact) mass is 286 g/mol. The SMILES string of the molecule is CC(C)NC(=O)NCCCn1ccnc1-c1ccccc1. The third kappa shape index (κ3) is 4.63. The van der Waals surface area contributed by atoms with E-state index in [0.29, 0.717) is 6.54 Å². The molecule has 0 saturated carbocycles. The molecular weight excluding hydrogens is 264 g/mol. The van der Waals surface area contributed by atoms with Crippen LogP contribution in [0.3, 0.4) is 0 Å². The lowest BCUT2D eigenvalue weighted by Crippen LogP contribution is -2.40. The van der Waals surface area contributed by atoms with Crippen molar-refractivity contribution in [1.82, 2.24) is 20.2 Å². The first-order valence-electron chi connectivity index (χ1n) is 7.27. The number of carbonyl (C=O) groups excluding carboxylic acids is 1. The minimum absolute atomic E-state index is 0.112. The first kappa shape index (κ1) is 15.1. The van der Waals surface area contributed by atoms with Gasteiger partial charge < -0.3 is 15.2 Å². The summed E-state index contributed by atoms with van der Waals surface area (Å²) in [7, 11) is 0. The molecule has 2 aromatic rings. The Morgan fingerprint density at radius 1 is 1.29 bits per heavy atom. The maximum absolute atomic E-state index is 11.5. The zero-order valence-electron chi connectivity index (χ0n) is 12.5. The molecule has 0 atom stereocenters. The number of aryl methyl sites for hydroxylation is 1. The van der Waals surface area contributed by atoms with Gasteiger partial charge in [0.2, 0.25) is 0 Å². The van der Waals surface area contributed by atoms with Crippen LogP contribution in [0.2, 0.25) is 0 Å². The Morgan fingerprint density at radius 2 is 2.05 bits per heavy atom. The molecule has 0 aliphatic heterocycles. The Labute approximate surface area is 125 Å². The summed E-state index contributed by atoms with van der Waals surface area (Å²) in [5, 5.41) is 5.66. The number of urea groups is 1. The Hall–Kier alpha value is -2.30.